The van der Waals surface area contributed by atoms with Crippen molar-refractivity contribution >= 4 is 0 Å². The Balaban J connectivity index is 2.46. The van der Waals surface area contributed by atoms with Gasteiger partial charge in [0, 0.05) is 30.9 Å². The van der Waals surface area contributed by atoms with E-state index in [1.807, 2.05) is 16.5 Å². The fourth-order valence-electron chi connectivity index (χ4n) is 3.29. The van der Waals surface area contributed by atoms with Crippen LogP contribution in [-0.2, 0) is 13.2 Å². The Bertz CT molecular complexity index is 550. The van der Waals surface area contributed by atoms with Crippen molar-refractivity contribution in [3.8, 4) is 5.75 Å². The molecule has 1 fully saturated rings. The van der Waals surface area contributed by atoms with E-state index in [1.54, 1.807) is 0 Å². The Morgan fingerprint density at radius 2 is 1.95 bits per heavy atom. The summed E-state index contributed by atoms with van der Waals surface area (Å²) in [5.74, 6) is -0.243. The molecule has 0 saturated heterocycles. The van der Waals surface area contributed by atoms with Gasteiger partial charge < -0.3 is 19.9 Å². The molecular weight excluding hydrogens is 284 g/mol. The van der Waals surface area contributed by atoms with Crippen LogP contribution < -0.4 is 5.43 Å². The van der Waals surface area contributed by atoms with E-state index in [2.05, 4.69) is 0 Å². The van der Waals surface area contributed by atoms with Gasteiger partial charge in [-0.1, -0.05) is 19.3 Å². The van der Waals surface area contributed by atoms with Crippen LogP contribution >= 0.6 is 0 Å². The van der Waals surface area contributed by atoms with Crippen molar-refractivity contribution in [2.45, 2.75) is 51.3 Å². The summed E-state index contributed by atoms with van der Waals surface area (Å²) in [5, 5.41) is 28.9. The van der Waals surface area contributed by atoms with Crippen molar-refractivity contribution in [2.75, 3.05) is 20.2 Å². The molecule has 1 aromatic rings. The van der Waals surface area contributed by atoms with Crippen LogP contribution in [0.15, 0.2) is 10.9 Å². The summed E-state index contributed by atoms with van der Waals surface area (Å²) in [4.78, 5) is 13.8. The Morgan fingerprint density at radius 1 is 1.27 bits per heavy atom. The molecule has 1 heterocycles. The largest absolute Gasteiger partial charge is 0.503 e. The number of likely N-dealkylation sites (N-methyl/N-ethyl adjacent to an activating group) is 1. The topological polar surface area (TPSA) is 85.9 Å². The van der Waals surface area contributed by atoms with Gasteiger partial charge >= 0.3 is 0 Å². The molecule has 124 valence electrons. The minimum atomic E-state index is -0.455. The zero-order valence-corrected chi connectivity index (χ0v) is 13.2. The highest BCUT2D eigenvalue weighted by molar-refractivity contribution is 5.30. The SMILES string of the molecule is CN(CCO)Cc1c(O)c(=O)cc(CO)n1C1CCCCC1. The molecule has 0 aromatic carbocycles. The maximum atomic E-state index is 12.0. The van der Waals surface area contributed by atoms with Gasteiger partial charge in [0.15, 0.2) is 5.75 Å². The van der Waals surface area contributed by atoms with E-state index < -0.39 is 5.43 Å². The molecule has 0 spiro atoms. The molecule has 1 saturated carbocycles. The van der Waals surface area contributed by atoms with Crippen molar-refractivity contribution in [3.63, 3.8) is 0 Å². The van der Waals surface area contributed by atoms with Crippen molar-refractivity contribution in [2.24, 2.45) is 0 Å². The number of aliphatic hydroxyl groups is 2. The van der Waals surface area contributed by atoms with Gasteiger partial charge in [-0.15, -0.1) is 0 Å². The van der Waals surface area contributed by atoms with Gasteiger partial charge in [-0.25, -0.2) is 0 Å². The van der Waals surface area contributed by atoms with Crippen LogP contribution in [0.2, 0.25) is 0 Å². The van der Waals surface area contributed by atoms with Crippen molar-refractivity contribution < 1.29 is 15.3 Å². The van der Waals surface area contributed by atoms with E-state index in [-0.39, 0.29) is 25.0 Å². The van der Waals surface area contributed by atoms with Gasteiger partial charge in [-0.05, 0) is 19.9 Å². The third kappa shape index (κ3) is 3.69. The average Bonchev–Trinajstić information content (AvgIpc) is 2.52. The molecule has 2 rings (SSSR count). The molecule has 0 amide bonds. The lowest BCUT2D eigenvalue weighted by atomic mass is 9.94. The highest BCUT2D eigenvalue weighted by atomic mass is 16.3. The maximum Gasteiger partial charge on any atom is 0.223 e. The predicted octanol–water partition coefficient (Wildman–Crippen LogP) is 0.975. The van der Waals surface area contributed by atoms with Crippen molar-refractivity contribution in [1.29, 1.82) is 0 Å². The fourth-order valence-corrected chi connectivity index (χ4v) is 3.29. The zero-order valence-electron chi connectivity index (χ0n) is 13.2. The van der Waals surface area contributed by atoms with Gasteiger partial charge in [0.1, 0.15) is 0 Å². The number of pyridine rings is 1. The number of hydrogen-bond acceptors (Lipinski definition) is 5. The minimum Gasteiger partial charge on any atom is -0.503 e. The molecule has 6 heteroatoms. The van der Waals surface area contributed by atoms with E-state index in [0.717, 1.165) is 25.7 Å². The summed E-state index contributed by atoms with van der Waals surface area (Å²) < 4.78 is 1.95. The Hall–Kier alpha value is -1.37. The van der Waals surface area contributed by atoms with E-state index >= 15 is 0 Å². The lowest BCUT2D eigenvalue weighted by molar-refractivity contribution is 0.205. The molecule has 1 aliphatic carbocycles. The number of rotatable bonds is 6. The van der Waals surface area contributed by atoms with Crippen LogP contribution in [0.1, 0.15) is 49.5 Å². The predicted molar refractivity (Wildman–Crippen MR) is 83.8 cm³/mol. The van der Waals surface area contributed by atoms with Gasteiger partial charge in [0.25, 0.3) is 0 Å². The molecule has 0 bridgehead atoms. The second kappa shape index (κ2) is 7.76. The summed E-state index contributed by atoms with van der Waals surface area (Å²) in [7, 11) is 1.83. The van der Waals surface area contributed by atoms with Gasteiger partial charge in [0.05, 0.1) is 18.9 Å². The Morgan fingerprint density at radius 3 is 2.55 bits per heavy atom. The minimum absolute atomic E-state index is 0.0185. The third-order valence-electron chi connectivity index (χ3n) is 4.41. The molecule has 0 atom stereocenters. The van der Waals surface area contributed by atoms with Crippen LogP contribution in [0.5, 0.6) is 5.75 Å². The first-order valence-electron chi connectivity index (χ1n) is 7.95. The molecule has 22 heavy (non-hydrogen) atoms. The number of aromatic hydroxyl groups is 1. The van der Waals surface area contributed by atoms with Crippen LogP contribution in [0.4, 0.5) is 0 Å². The van der Waals surface area contributed by atoms with Gasteiger partial charge in [-0.2, -0.15) is 0 Å². The fraction of sp³-hybridized carbons (Fsp3) is 0.688. The maximum absolute atomic E-state index is 12.0. The van der Waals surface area contributed by atoms with E-state index in [9.17, 15) is 15.0 Å². The van der Waals surface area contributed by atoms with Crippen molar-refractivity contribution in [3.05, 3.63) is 27.7 Å². The summed E-state index contributed by atoms with van der Waals surface area (Å²) in [6, 6.07) is 1.54. The second-order valence-electron chi connectivity index (χ2n) is 6.08. The standard InChI is InChI=1S/C16H26N2O4/c1-17(7-8-19)10-14-16(22)15(21)9-13(11-20)18(14)12-5-3-2-4-6-12/h9,12,19-20,22H,2-8,10-11H2,1H3. The Labute approximate surface area is 130 Å². The van der Waals surface area contributed by atoms with Crippen LogP contribution in [0.25, 0.3) is 0 Å². The number of hydrogen-bond donors (Lipinski definition) is 3. The molecule has 3 N–H and O–H groups in total. The normalized spacial score (nSPS) is 16.4. The summed E-state index contributed by atoms with van der Waals surface area (Å²) in [6.45, 7) is 0.626. The monoisotopic (exact) mass is 310 g/mol. The molecular formula is C16H26N2O4. The molecule has 6 nitrogen and oxygen atoms in total. The van der Waals surface area contributed by atoms with E-state index in [4.69, 9.17) is 5.11 Å². The average molecular weight is 310 g/mol. The van der Waals surface area contributed by atoms with Gasteiger partial charge in [0.2, 0.25) is 5.43 Å². The number of aromatic nitrogens is 1. The summed E-state index contributed by atoms with van der Waals surface area (Å²) >= 11 is 0. The zero-order chi connectivity index (χ0) is 16.1. The summed E-state index contributed by atoms with van der Waals surface area (Å²) in [5.41, 5.74) is 0.644. The highest BCUT2D eigenvalue weighted by Crippen LogP contribution is 2.32. The van der Waals surface area contributed by atoms with Crippen LogP contribution in [-0.4, -0.2) is 45.0 Å². The molecule has 1 aliphatic rings. The first-order chi connectivity index (χ1) is 10.6. The van der Waals surface area contributed by atoms with Crippen molar-refractivity contribution in [1.82, 2.24) is 9.47 Å². The second-order valence-corrected chi connectivity index (χ2v) is 6.08. The smallest absolute Gasteiger partial charge is 0.223 e. The third-order valence-corrected chi connectivity index (χ3v) is 4.41. The lowest BCUT2D eigenvalue weighted by Gasteiger charge is -2.31. The van der Waals surface area contributed by atoms with Gasteiger partial charge in [-0.3, -0.25) is 9.69 Å². The first kappa shape index (κ1) is 17.0. The molecule has 0 aliphatic heterocycles. The molecule has 0 unspecified atom stereocenters. The summed E-state index contributed by atoms with van der Waals surface area (Å²) in [6.07, 6.45) is 5.43. The number of aliphatic hydroxyl groups excluding tert-OH is 2. The first-order valence-corrected chi connectivity index (χ1v) is 7.95. The highest BCUT2D eigenvalue weighted by Gasteiger charge is 2.23. The molecule has 1 aromatic heterocycles. The van der Waals surface area contributed by atoms with Crippen LogP contribution in [0, 0.1) is 0 Å². The number of nitrogens with zero attached hydrogens (tertiary/aromatic N) is 2. The quantitative estimate of drug-likeness (QED) is 0.729. The van der Waals surface area contributed by atoms with E-state index in [1.165, 1.54) is 12.5 Å². The lowest BCUT2D eigenvalue weighted by Crippen LogP contribution is -2.29. The Kier molecular flexibility index (Phi) is 5.99. The molecule has 0 radical (unpaired) electrons. The van der Waals surface area contributed by atoms with E-state index in [0.29, 0.717) is 24.5 Å². The van der Waals surface area contributed by atoms with Crippen LogP contribution in [0.3, 0.4) is 0 Å².